The number of hydrogen-bond donors (Lipinski definition) is 1. The first-order chi connectivity index (χ1) is 13.4. The van der Waals surface area contributed by atoms with Gasteiger partial charge in [0.2, 0.25) is 5.88 Å². The van der Waals surface area contributed by atoms with Crippen molar-refractivity contribution in [3.8, 4) is 5.88 Å². The average molecular weight is 388 g/mol. The van der Waals surface area contributed by atoms with Crippen molar-refractivity contribution in [2.24, 2.45) is 0 Å². The predicted molar refractivity (Wildman–Crippen MR) is 108 cm³/mol. The van der Waals surface area contributed by atoms with E-state index in [4.69, 9.17) is 4.74 Å². The molecule has 6 nitrogen and oxygen atoms in total. The topological polar surface area (TPSA) is 65.9 Å². The fraction of sp³-hybridized carbons (Fsp3) is 0.727. The third-order valence-corrected chi connectivity index (χ3v) is 6.43. The molecule has 2 fully saturated rings. The highest BCUT2D eigenvalue weighted by molar-refractivity contribution is 5.96. The summed E-state index contributed by atoms with van der Waals surface area (Å²) in [4.78, 5) is 21.8. The number of piperidine rings is 1. The summed E-state index contributed by atoms with van der Waals surface area (Å²) < 4.78 is 6.16. The Bertz CT molecular complexity index is 703. The van der Waals surface area contributed by atoms with Gasteiger partial charge in [-0.15, -0.1) is 0 Å². The molecule has 4 rings (SSSR count). The summed E-state index contributed by atoms with van der Waals surface area (Å²) in [5, 5.41) is 9.92. The van der Waals surface area contributed by atoms with E-state index in [0.717, 1.165) is 44.1 Å². The number of aromatic nitrogens is 1. The van der Waals surface area contributed by atoms with Gasteiger partial charge in [-0.3, -0.25) is 4.79 Å². The Hall–Kier alpha value is -1.66. The molecule has 3 heterocycles. The second kappa shape index (κ2) is 7.99. The van der Waals surface area contributed by atoms with Crippen LogP contribution in [0.1, 0.15) is 68.4 Å². The van der Waals surface area contributed by atoms with E-state index in [2.05, 4.69) is 9.88 Å². The Balaban J connectivity index is 1.33. The first-order valence-electron chi connectivity index (χ1n) is 10.8. The molecule has 1 aromatic rings. The number of likely N-dealkylation sites (tertiary alicyclic amines) is 1. The molecular weight excluding hydrogens is 354 g/mol. The van der Waals surface area contributed by atoms with Crippen LogP contribution in [0, 0.1) is 0 Å². The lowest BCUT2D eigenvalue weighted by atomic mass is 9.90. The lowest BCUT2D eigenvalue weighted by molar-refractivity contribution is 0.0469. The number of ether oxygens (including phenoxy) is 1. The summed E-state index contributed by atoms with van der Waals surface area (Å²) in [5.41, 5.74) is 0.758. The monoisotopic (exact) mass is 387 g/mol. The van der Waals surface area contributed by atoms with E-state index < -0.39 is 5.60 Å². The normalized spacial score (nSPS) is 22.1. The molecule has 1 N–H and O–H groups in total. The van der Waals surface area contributed by atoms with Crippen molar-refractivity contribution in [1.29, 1.82) is 0 Å². The molecule has 28 heavy (non-hydrogen) atoms. The second-order valence-electron chi connectivity index (χ2n) is 9.19. The summed E-state index contributed by atoms with van der Waals surface area (Å²) >= 11 is 0. The minimum Gasteiger partial charge on any atom is -0.474 e. The van der Waals surface area contributed by atoms with Gasteiger partial charge in [0.25, 0.3) is 5.91 Å². The van der Waals surface area contributed by atoms with Crippen LogP contribution in [0.25, 0.3) is 0 Å². The van der Waals surface area contributed by atoms with Gasteiger partial charge in [-0.05, 0) is 52.0 Å². The minimum absolute atomic E-state index is 0.0124. The lowest BCUT2D eigenvalue weighted by Gasteiger charge is -2.41. The summed E-state index contributed by atoms with van der Waals surface area (Å²) in [6.45, 7) is 7.01. The highest BCUT2D eigenvalue weighted by atomic mass is 16.5. The third-order valence-electron chi connectivity index (χ3n) is 6.43. The molecular formula is C22H33N3O3. The zero-order chi connectivity index (χ0) is 19.7. The quantitative estimate of drug-likeness (QED) is 0.813. The first-order valence-corrected chi connectivity index (χ1v) is 10.8. The molecule has 1 saturated carbocycles. The molecule has 0 aromatic carbocycles. The highest BCUT2D eigenvalue weighted by Crippen LogP contribution is 2.29. The summed E-state index contributed by atoms with van der Waals surface area (Å²) in [7, 11) is 0. The van der Waals surface area contributed by atoms with Gasteiger partial charge in [0.15, 0.2) is 0 Å². The van der Waals surface area contributed by atoms with Crippen LogP contribution >= 0.6 is 0 Å². The highest BCUT2D eigenvalue weighted by Gasteiger charge is 2.30. The van der Waals surface area contributed by atoms with Gasteiger partial charge in [-0.25, -0.2) is 4.98 Å². The second-order valence-corrected chi connectivity index (χ2v) is 9.19. The maximum Gasteiger partial charge on any atom is 0.255 e. The SMILES string of the molecule is CC(C)(O)CCN1CCc2nc(OC3CCN(C4CCC4)CC3)ccc2C1=O. The van der Waals surface area contributed by atoms with Crippen molar-refractivity contribution in [3.05, 3.63) is 23.4 Å². The fourth-order valence-corrected chi connectivity index (χ4v) is 4.35. The van der Waals surface area contributed by atoms with E-state index in [1.54, 1.807) is 13.8 Å². The van der Waals surface area contributed by atoms with Crippen molar-refractivity contribution in [1.82, 2.24) is 14.8 Å². The summed E-state index contributed by atoms with van der Waals surface area (Å²) in [6, 6.07) is 4.52. The largest absolute Gasteiger partial charge is 0.474 e. The molecule has 1 aromatic heterocycles. The molecule has 0 unspecified atom stereocenters. The summed E-state index contributed by atoms with van der Waals surface area (Å²) in [6.07, 6.45) is 7.75. The van der Waals surface area contributed by atoms with E-state index >= 15 is 0 Å². The number of aliphatic hydroxyl groups is 1. The van der Waals surface area contributed by atoms with Crippen LogP contribution < -0.4 is 4.74 Å². The standard InChI is InChI=1S/C22H33N3O3/c1-22(2,27)11-15-25-14-10-19-18(21(25)26)6-7-20(23-19)28-17-8-12-24(13-9-17)16-4-3-5-16/h6-7,16-17,27H,3-5,8-15H2,1-2H3. The number of fused-ring (bicyclic) bond motifs is 1. The molecule has 1 amide bonds. The van der Waals surface area contributed by atoms with Gasteiger partial charge in [-0.2, -0.15) is 0 Å². The smallest absolute Gasteiger partial charge is 0.255 e. The Morgan fingerprint density at radius 1 is 1.18 bits per heavy atom. The number of pyridine rings is 1. The Morgan fingerprint density at radius 2 is 1.93 bits per heavy atom. The van der Waals surface area contributed by atoms with Crippen LogP contribution in [0.2, 0.25) is 0 Å². The maximum atomic E-state index is 12.7. The third kappa shape index (κ3) is 4.49. The first kappa shape index (κ1) is 19.6. The number of hydrogen-bond acceptors (Lipinski definition) is 5. The van der Waals surface area contributed by atoms with Gasteiger partial charge in [-0.1, -0.05) is 6.42 Å². The van der Waals surface area contributed by atoms with Gasteiger partial charge < -0.3 is 19.6 Å². The molecule has 3 aliphatic rings. The van der Waals surface area contributed by atoms with Crippen LogP contribution in [0.5, 0.6) is 5.88 Å². The Kier molecular flexibility index (Phi) is 5.61. The molecule has 1 aliphatic carbocycles. The lowest BCUT2D eigenvalue weighted by Crippen LogP contribution is -2.46. The average Bonchev–Trinajstić information content (AvgIpc) is 2.60. The van der Waals surface area contributed by atoms with Crippen molar-refractivity contribution in [2.75, 3.05) is 26.2 Å². The van der Waals surface area contributed by atoms with E-state index in [9.17, 15) is 9.90 Å². The Morgan fingerprint density at radius 3 is 2.57 bits per heavy atom. The summed E-state index contributed by atoms with van der Waals surface area (Å²) in [5.74, 6) is 0.664. The number of amides is 1. The van der Waals surface area contributed by atoms with E-state index in [1.165, 1.54) is 19.3 Å². The zero-order valence-electron chi connectivity index (χ0n) is 17.2. The van der Waals surface area contributed by atoms with Gasteiger partial charge in [0.05, 0.1) is 16.9 Å². The van der Waals surface area contributed by atoms with E-state index in [-0.39, 0.29) is 12.0 Å². The maximum absolute atomic E-state index is 12.7. The fourth-order valence-electron chi connectivity index (χ4n) is 4.35. The zero-order valence-corrected chi connectivity index (χ0v) is 17.2. The molecule has 6 heteroatoms. The van der Waals surface area contributed by atoms with Crippen LogP contribution in [0.3, 0.4) is 0 Å². The van der Waals surface area contributed by atoms with Gasteiger partial charge in [0.1, 0.15) is 6.10 Å². The van der Waals surface area contributed by atoms with Crippen molar-refractivity contribution >= 4 is 5.91 Å². The van der Waals surface area contributed by atoms with E-state index in [0.29, 0.717) is 31.0 Å². The molecule has 0 bridgehead atoms. The van der Waals surface area contributed by atoms with Crippen LogP contribution in [-0.2, 0) is 6.42 Å². The molecule has 2 aliphatic heterocycles. The van der Waals surface area contributed by atoms with E-state index in [1.807, 2.05) is 17.0 Å². The molecule has 1 saturated heterocycles. The minimum atomic E-state index is -0.759. The van der Waals surface area contributed by atoms with Crippen LogP contribution in [0.4, 0.5) is 0 Å². The number of carbonyl (C=O) groups excluding carboxylic acids is 1. The molecule has 0 radical (unpaired) electrons. The number of nitrogens with zero attached hydrogens (tertiary/aromatic N) is 3. The predicted octanol–water partition coefficient (Wildman–Crippen LogP) is 2.64. The molecule has 154 valence electrons. The van der Waals surface area contributed by atoms with Crippen molar-refractivity contribution in [2.45, 2.75) is 76.5 Å². The van der Waals surface area contributed by atoms with Gasteiger partial charge >= 0.3 is 0 Å². The molecule has 0 atom stereocenters. The molecule has 0 spiro atoms. The van der Waals surface area contributed by atoms with Crippen LogP contribution in [-0.4, -0.2) is 69.7 Å². The van der Waals surface area contributed by atoms with Crippen LogP contribution in [0.15, 0.2) is 12.1 Å². The Labute approximate surface area is 167 Å². The van der Waals surface area contributed by atoms with Crippen molar-refractivity contribution in [3.63, 3.8) is 0 Å². The van der Waals surface area contributed by atoms with Gasteiger partial charge in [0, 0.05) is 44.7 Å². The number of rotatable bonds is 6. The van der Waals surface area contributed by atoms with Crippen molar-refractivity contribution < 1.29 is 14.6 Å². The number of carbonyl (C=O) groups is 1.